The highest BCUT2D eigenvalue weighted by Gasteiger charge is 2.02. The third-order valence-corrected chi connectivity index (χ3v) is 2.92. The lowest BCUT2D eigenvalue weighted by atomic mass is 10.1. The van der Waals surface area contributed by atoms with E-state index in [1.807, 2.05) is 24.3 Å². The highest BCUT2D eigenvalue weighted by molar-refractivity contribution is 6.43. The number of hydrogen-bond donors (Lipinski definition) is 0. The van der Waals surface area contributed by atoms with Gasteiger partial charge in [-0.05, 0) is 23.6 Å². The Hall–Kier alpha value is -0.430. The van der Waals surface area contributed by atoms with Crippen molar-refractivity contribution in [3.63, 3.8) is 0 Å². The Morgan fingerprint density at radius 3 is 2.23 bits per heavy atom. The van der Waals surface area contributed by atoms with E-state index in [0.29, 0.717) is 15.1 Å². The Balaban J connectivity index is 2.89. The van der Waals surface area contributed by atoms with Gasteiger partial charge in [0.25, 0.3) is 0 Å². The molecule has 0 saturated carbocycles. The zero-order valence-corrected chi connectivity index (χ0v) is 8.79. The second kappa shape index (κ2) is 3.38. The molecule has 0 nitrogen and oxygen atoms in total. The van der Waals surface area contributed by atoms with Crippen molar-refractivity contribution in [2.24, 2.45) is 0 Å². The smallest absolute Gasteiger partial charge is 0.0599 e. The van der Waals surface area contributed by atoms with Gasteiger partial charge >= 0.3 is 0 Å². The molecule has 2 rings (SSSR count). The Bertz CT molecular complexity index is 463. The van der Waals surface area contributed by atoms with Gasteiger partial charge in [-0.2, -0.15) is 0 Å². The van der Waals surface area contributed by atoms with Gasteiger partial charge in [-0.25, -0.2) is 0 Å². The van der Waals surface area contributed by atoms with Crippen LogP contribution in [0.5, 0.6) is 0 Å². The van der Waals surface area contributed by atoms with E-state index in [-0.39, 0.29) is 0 Å². The molecular weight excluding hydrogens is 226 g/mol. The summed E-state index contributed by atoms with van der Waals surface area (Å²) in [6, 6.07) is 9.25. The molecule has 2 aromatic rings. The van der Waals surface area contributed by atoms with Crippen molar-refractivity contribution in [3.05, 3.63) is 45.4 Å². The molecule has 13 heavy (non-hydrogen) atoms. The van der Waals surface area contributed by atoms with Crippen molar-refractivity contribution < 1.29 is 0 Å². The van der Waals surface area contributed by atoms with E-state index in [2.05, 4.69) is 0 Å². The van der Waals surface area contributed by atoms with Gasteiger partial charge in [-0.1, -0.05) is 46.9 Å². The van der Waals surface area contributed by atoms with Crippen LogP contribution >= 0.6 is 34.8 Å². The summed E-state index contributed by atoms with van der Waals surface area (Å²) in [4.78, 5) is 0. The first-order valence-corrected chi connectivity index (χ1v) is 4.85. The van der Waals surface area contributed by atoms with Crippen molar-refractivity contribution in [2.75, 3.05) is 0 Å². The molecule has 0 saturated heterocycles. The highest BCUT2D eigenvalue weighted by Crippen LogP contribution is 2.31. The van der Waals surface area contributed by atoms with Crippen LogP contribution in [0.3, 0.4) is 0 Å². The van der Waals surface area contributed by atoms with Crippen LogP contribution in [-0.2, 0) is 0 Å². The summed E-state index contributed by atoms with van der Waals surface area (Å²) >= 11 is 17.7. The first-order chi connectivity index (χ1) is 6.18. The molecular formula is C10H5Cl3. The molecule has 0 atom stereocenters. The zero-order chi connectivity index (χ0) is 9.42. The maximum absolute atomic E-state index is 5.98. The highest BCUT2D eigenvalue weighted by atomic mass is 35.5. The van der Waals surface area contributed by atoms with Crippen LogP contribution in [0.1, 0.15) is 0 Å². The molecule has 0 bridgehead atoms. The van der Waals surface area contributed by atoms with Crippen molar-refractivity contribution >= 4 is 45.6 Å². The summed E-state index contributed by atoms with van der Waals surface area (Å²) in [5, 5.41) is 3.70. The van der Waals surface area contributed by atoms with Crippen LogP contribution in [-0.4, -0.2) is 0 Å². The van der Waals surface area contributed by atoms with E-state index in [1.54, 1.807) is 6.07 Å². The van der Waals surface area contributed by atoms with Crippen LogP contribution in [0.2, 0.25) is 15.1 Å². The Morgan fingerprint density at radius 2 is 1.46 bits per heavy atom. The molecule has 2 aromatic carbocycles. The van der Waals surface area contributed by atoms with Gasteiger partial charge in [0.15, 0.2) is 0 Å². The predicted molar refractivity (Wildman–Crippen MR) is 59.0 cm³/mol. The molecule has 0 aliphatic carbocycles. The van der Waals surface area contributed by atoms with Gasteiger partial charge in [0.2, 0.25) is 0 Å². The molecule has 0 spiro atoms. The van der Waals surface area contributed by atoms with Gasteiger partial charge in [0.1, 0.15) is 0 Å². The van der Waals surface area contributed by atoms with Crippen LogP contribution in [0.4, 0.5) is 0 Å². The Labute approximate surface area is 91.0 Å². The third kappa shape index (κ3) is 1.62. The molecule has 0 amide bonds. The van der Waals surface area contributed by atoms with Crippen molar-refractivity contribution in [2.45, 2.75) is 0 Å². The van der Waals surface area contributed by atoms with Gasteiger partial charge in [0, 0.05) is 10.4 Å². The predicted octanol–water partition coefficient (Wildman–Crippen LogP) is 4.80. The fourth-order valence-electron chi connectivity index (χ4n) is 1.23. The normalized spacial score (nSPS) is 10.7. The summed E-state index contributed by atoms with van der Waals surface area (Å²) in [5.41, 5.74) is 0. The number of rotatable bonds is 0. The van der Waals surface area contributed by atoms with E-state index in [1.165, 1.54) is 0 Å². The molecule has 0 N–H and O–H groups in total. The van der Waals surface area contributed by atoms with Crippen LogP contribution < -0.4 is 0 Å². The summed E-state index contributed by atoms with van der Waals surface area (Å²) in [5.74, 6) is 0. The first-order valence-electron chi connectivity index (χ1n) is 3.72. The molecule has 0 aliphatic heterocycles. The molecule has 0 fully saturated rings. The van der Waals surface area contributed by atoms with Crippen LogP contribution in [0.15, 0.2) is 30.3 Å². The molecule has 3 heteroatoms. The topological polar surface area (TPSA) is 0 Å². The lowest BCUT2D eigenvalue weighted by Gasteiger charge is -2.02. The van der Waals surface area contributed by atoms with Gasteiger partial charge in [-0.15, -0.1) is 0 Å². The van der Waals surface area contributed by atoms with E-state index in [4.69, 9.17) is 34.8 Å². The molecule has 66 valence electrons. The quantitative estimate of drug-likeness (QED) is 0.611. The molecule has 0 aliphatic rings. The van der Waals surface area contributed by atoms with E-state index < -0.39 is 0 Å². The minimum atomic E-state index is 0.530. The lowest BCUT2D eigenvalue weighted by molar-refractivity contribution is 1.74. The van der Waals surface area contributed by atoms with Crippen molar-refractivity contribution in [3.8, 4) is 0 Å². The average molecular weight is 232 g/mol. The maximum atomic E-state index is 5.98. The largest absolute Gasteiger partial charge is 0.0837 e. The fourth-order valence-corrected chi connectivity index (χ4v) is 1.81. The van der Waals surface area contributed by atoms with Gasteiger partial charge in [0.05, 0.1) is 10.0 Å². The monoisotopic (exact) mass is 230 g/mol. The molecule has 0 heterocycles. The van der Waals surface area contributed by atoms with Gasteiger partial charge < -0.3 is 0 Å². The second-order valence-corrected chi connectivity index (χ2v) is 3.95. The lowest BCUT2D eigenvalue weighted by Crippen LogP contribution is -1.75. The first kappa shape index (κ1) is 9.14. The molecule has 0 radical (unpaired) electrons. The van der Waals surface area contributed by atoms with Gasteiger partial charge in [-0.3, -0.25) is 0 Å². The maximum Gasteiger partial charge on any atom is 0.0599 e. The summed E-state index contributed by atoms with van der Waals surface area (Å²) in [6.45, 7) is 0. The van der Waals surface area contributed by atoms with Crippen molar-refractivity contribution in [1.29, 1.82) is 0 Å². The standard InChI is InChI=1S/C10H5Cl3/c11-8-3-1-2-6-4-9(12)10(13)5-7(6)8/h1-5H. The Morgan fingerprint density at radius 1 is 0.769 bits per heavy atom. The summed E-state index contributed by atoms with van der Waals surface area (Å²) in [6.07, 6.45) is 0. The number of halogens is 3. The molecule has 0 aromatic heterocycles. The second-order valence-electron chi connectivity index (χ2n) is 2.73. The minimum absolute atomic E-state index is 0.530. The van der Waals surface area contributed by atoms with Crippen molar-refractivity contribution in [1.82, 2.24) is 0 Å². The van der Waals surface area contributed by atoms with E-state index in [0.717, 1.165) is 10.8 Å². The number of hydrogen-bond acceptors (Lipinski definition) is 0. The fraction of sp³-hybridized carbons (Fsp3) is 0. The third-order valence-electron chi connectivity index (χ3n) is 1.87. The SMILES string of the molecule is Clc1cc2cccc(Cl)c2cc1Cl. The molecule has 0 unspecified atom stereocenters. The average Bonchev–Trinajstić information content (AvgIpc) is 2.09. The number of fused-ring (bicyclic) bond motifs is 1. The van der Waals surface area contributed by atoms with E-state index >= 15 is 0 Å². The zero-order valence-electron chi connectivity index (χ0n) is 6.52. The Kier molecular flexibility index (Phi) is 2.37. The van der Waals surface area contributed by atoms with Crippen LogP contribution in [0.25, 0.3) is 10.8 Å². The summed E-state index contributed by atoms with van der Waals surface area (Å²) < 4.78 is 0. The number of benzene rings is 2. The van der Waals surface area contributed by atoms with Crippen LogP contribution in [0, 0.1) is 0 Å². The van der Waals surface area contributed by atoms with E-state index in [9.17, 15) is 0 Å². The summed E-state index contributed by atoms with van der Waals surface area (Å²) in [7, 11) is 0. The minimum Gasteiger partial charge on any atom is -0.0837 e.